The first-order valence-corrected chi connectivity index (χ1v) is 10.4. The molecule has 4 rings (SSSR count). The number of amides is 1. The fourth-order valence-corrected chi connectivity index (χ4v) is 4.30. The van der Waals surface area contributed by atoms with E-state index in [1.165, 1.54) is 36.0 Å². The zero-order chi connectivity index (χ0) is 18.8. The number of rotatable bonds is 5. The summed E-state index contributed by atoms with van der Waals surface area (Å²) in [5.74, 6) is 1.26. The zero-order valence-electron chi connectivity index (χ0n) is 15.7. The lowest BCUT2D eigenvalue weighted by Gasteiger charge is -2.20. The normalized spacial score (nSPS) is 14.6. The molecule has 0 spiro atoms. The summed E-state index contributed by atoms with van der Waals surface area (Å²) in [6, 6.07) is 10.5. The Kier molecular flexibility index (Phi) is 5.12. The molecule has 2 aromatic heterocycles. The molecule has 1 aromatic carbocycles. The highest BCUT2D eigenvalue weighted by Gasteiger charge is 2.18. The van der Waals surface area contributed by atoms with Crippen LogP contribution in [0.4, 0.5) is 0 Å². The molecule has 1 N–H and O–H groups in total. The Labute approximate surface area is 163 Å². The van der Waals surface area contributed by atoms with Gasteiger partial charge in [-0.3, -0.25) is 4.79 Å². The fourth-order valence-electron chi connectivity index (χ4n) is 3.65. The van der Waals surface area contributed by atoms with E-state index in [4.69, 9.17) is 4.42 Å². The van der Waals surface area contributed by atoms with Crippen LogP contribution in [0.15, 0.2) is 40.1 Å². The molecule has 0 radical (unpaired) electrons. The van der Waals surface area contributed by atoms with E-state index in [1.807, 2.05) is 31.4 Å². The number of thiophene rings is 1. The van der Waals surface area contributed by atoms with Crippen molar-refractivity contribution in [1.29, 1.82) is 0 Å². The Morgan fingerprint density at radius 1 is 1.26 bits per heavy atom. The second-order valence-electron chi connectivity index (χ2n) is 7.20. The standard InChI is InChI=1S/C22H24N2O2S/c1-14(17-10-9-16-6-3-4-7-18(16)12-17)23-21(25)13-19-15(2)26-22(24-19)20-8-5-11-27-20/h5,8-12,14H,3-4,6-7,13H2,1-2H3,(H,23,25)/t14-/m1/s1. The molecule has 4 nitrogen and oxygen atoms in total. The van der Waals surface area contributed by atoms with E-state index in [-0.39, 0.29) is 18.4 Å². The third-order valence-electron chi connectivity index (χ3n) is 5.20. The first kappa shape index (κ1) is 18.0. The van der Waals surface area contributed by atoms with Crippen LogP contribution in [0.1, 0.15) is 54.0 Å². The van der Waals surface area contributed by atoms with E-state index >= 15 is 0 Å². The molecule has 140 valence electrons. The van der Waals surface area contributed by atoms with Gasteiger partial charge in [-0.05, 0) is 67.7 Å². The van der Waals surface area contributed by atoms with Crippen LogP contribution < -0.4 is 5.32 Å². The summed E-state index contributed by atoms with van der Waals surface area (Å²) in [7, 11) is 0. The highest BCUT2D eigenvalue weighted by atomic mass is 32.1. The van der Waals surface area contributed by atoms with Crippen LogP contribution in [0.3, 0.4) is 0 Å². The number of hydrogen-bond acceptors (Lipinski definition) is 4. The van der Waals surface area contributed by atoms with Crippen LogP contribution in [-0.2, 0) is 24.1 Å². The number of fused-ring (bicyclic) bond motifs is 1. The van der Waals surface area contributed by atoms with Gasteiger partial charge in [-0.2, -0.15) is 0 Å². The molecule has 1 aliphatic rings. The molecule has 1 aliphatic carbocycles. The molecule has 27 heavy (non-hydrogen) atoms. The summed E-state index contributed by atoms with van der Waals surface area (Å²) >= 11 is 1.58. The lowest BCUT2D eigenvalue weighted by Crippen LogP contribution is -2.28. The van der Waals surface area contributed by atoms with Crippen molar-refractivity contribution in [2.75, 3.05) is 0 Å². The predicted molar refractivity (Wildman–Crippen MR) is 108 cm³/mol. The van der Waals surface area contributed by atoms with Crippen LogP contribution in [-0.4, -0.2) is 10.9 Å². The molecule has 0 saturated heterocycles. The van der Waals surface area contributed by atoms with Crippen LogP contribution in [0.5, 0.6) is 0 Å². The number of benzene rings is 1. The van der Waals surface area contributed by atoms with Gasteiger partial charge < -0.3 is 9.73 Å². The lowest BCUT2D eigenvalue weighted by atomic mass is 9.89. The van der Waals surface area contributed by atoms with E-state index in [2.05, 4.69) is 28.5 Å². The Morgan fingerprint density at radius 3 is 2.85 bits per heavy atom. The van der Waals surface area contributed by atoms with Gasteiger partial charge >= 0.3 is 0 Å². The zero-order valence-corrected chi connectivity index (χ0v) is 16.6. The molecule has 0 fully saturated rings. The fraction of sp³-hybridized carbons (Fsp3) is 0.364. The summed E-state index contributed by atoms with van der Waals surface area (Å²) in [4.78, 5) is 18.0. The number of carbonyl (C=O) groups is 1. The molecule has 1 atom stereocenters. The van der Waals surface area contributed by atoms with Crippen molar-refractivity contribution in [2.24, 2.45) is 0 Å². The van der Waals surface area contributed by atoms with Gasteiger partial charge in [0.05, 0.1) is 23.0 Å². The number of aromatic nitrogens is 1. The van der Waals surface area contributed by atoms with E-state index in [0.29, 0.717) is 17.3 Å². The van der Waals surface area contributed by atoms with E-state index in [9.17, 15) is 4.79 Å². The highest BCUT2D eigenvalue weighted by Crippen LogP contribution is 2.27. The Hall–Kier alpha value is -2.40. The van der Waals surface area contributed by atoms with Crippen molar-refractivity contribution in [3.63, 3.8) is 0 Å². The number of nitrogens with one attached hydrogen (secondary N) is 1. The van der Waals surface area contributed by atoms with E-state index in [1.54, 1.807) is 11.3 Å². The second kappa shape index (κ2) is 7.69. The van der Waals surface area contributed by atoms with Gasteiger partial charge in [0.2, 0.25) is 11.8 Å². The van der Waals surface area contributed by atoms with Crippen LogP contribution in [0, 0.1) is 6.92 Å². The maximum atomic E-state index is 12.5. The van der Waals surface area contributed by atoms with Crippen molar-refractivity contribution in [1.82, 2.24) is 10.3 Å². The third kappa shape index (κ3) is 3.98. The topological polar surface area (TPSA) is 55.1 Å². The number of carbonyl (C=O) groups excluding carboxylic acids is 1. The van der Waals surface area contributed by atoms with Gasteiger partial charge in [-0.15, -0.1) is 11.3 Å². The van der Waals surface area contributed by atoms with Gasteiger partial charge in [0.15, 0.2) is 0 Å². The summed E-state index contributed by atoms with van der Waals surface area (Å²) in [5.41, 5.74) is 4.77. The van der Waals surface area contributed by atoms with Crippen LogP contribution >= 0.6 is 11.3 Å². The molecule has 2 heterocycles. The van der Waals surface area contributed by atoms with Crippen molar-refractivity contribution >= 4 is 17.2 Å². The summed E-state index contributed by atoms with van der Waals surface area (Å²) in [5, 5.41) is 5.09. The molecule has 5 heteroatoms. The number of nitrogens with zero attached hydrogens (tertiary/aromatic N) is 1. The minimum absolute atomic E-state index is 0.0197. The molecule has 0 aliphatic heterocycles. The lowest BCUT2D eigenvalue weighted by molar-refractivity contribution is -0.121. The Bertz CT molecular complexity index is 943. The third-order valence-corrected chi connectivity index (χ3v) is 6.06. The molecule has 0 unspecified atom stereocenters. The molecule has 3 aromatic rings. The summed E-state index contributed by atoms with van der Waals surface area (Å²) in [6.07, 6.45) is 5.09. The first-order chi connectivity index (χ1) is 13.1. The Morgan fingerprint density at radius 2 is 2.07 bits per heavy atom. The maximum Gasteiger partial charge on any atom is 0.236 e. The van der Waals surface area contributed by atoms with E-state index < -0.39 is 0 Å². The molecule has 1 amide bonds. The van der Waals surface area contributed by atoms with Crippen molar-refractivity contribution in [3.8, 4) is 10.8 Å². The molecule has 0 saturated carbocycles. The van der Waals surface area contributed by atoms with Gasteiger partial charge in [-0.1, -0.05) is 24.3 Å². The average molecular weight is 381 g/mol. The molecular weight excluding hydrogens is 356 g/mol. The van der Waals surface area contributed by atoms with Gasteiger partial charge in [-0.25, -0.2) is 4.98 Å². The highest BCUT2D eigenvalue weighted by molar-refractivity contribution is 7.13. The quantitative estimate of drug-likeness (QED) is 0.677. The van der Waals surface area contributed by atoms with Crippen molar-refractivity contribution in [3.05, 3.63) is 63.9 Å². The van der Waals surface area contributed by atoms with Crippen LogP contribution in [0.2, 0.25) is 0 Å². The predicted octanol–water partition coefficient (Wildman–Crippen LogP) is 5.01. The maximum absolute atomic E-state index is 12.5. The molecule has 0 bridgehead atoms. The first-order valence-electron chi connectivity index (χ1n) is 9.51. The number of oxazole rings is 1. The van der Waals surface area contributed by atoms with Gasteiger partial charge in [0.1, 0.15) is 5.76 Å². The van der Waals surface area contributed by atoms with Crippen molar-refractivity contribution < 1.29 is 9.21 Å². The summed E-state index contributed by atoms with van der Waals surface area (Å²) in [6.45, 7) is 3.90. The van der Waals surface area contributed by atoms with Crippen LogP contribution in [0.25, 0.3) is 10.8 Å². The Balaban J connectivity index is 1.42. The number of hydrogen-bond donors (Lipinski definition) is 1. The average Bonchev–Trinajstić information content (AvgIpc) is 3.31. The smallest absolute Gasteiger partial charge is 0.236 e. The monoisotopic (exact) mass is 380 g/mol. The summed E-state index contributed by atoms with van der Waals surface area (Å²) < 4.78 is 5.73. The second-order valence-corrected chi connectivity index (χ2v) is 8.15. The van der Waals surface area contributed by atoms with Gasteiger partial charge in [0.25, 0.3) is 0 Å². The van der Waals surface area contributed by atoms with Crippen molar-refractivity contribution in [2.45, 2.75) is 52.0 Å². The minimum Gasteiger partial charge on any atom is -0.440 e. The number of aryl methyl sites for hydroxylation is 3. The van der Waals surface area contributed by atoms with E-state index in [0.717, 1.165) is 11.3 Å². The molecular formula is C22H24N2O2S. The minimum atomic E-state index is -0.0330. The van der Waals surface area contributed by atoms with Gasteiger partial charge in [0, 0.05) is 0 Å². The SMILES string of the molecule is Cc1oc(-c2cccs2)nc1CC(=O)N[C@H](C)c1ccc2c(c1)CCCC2. The largest absolute Gasteiger partial charge is 0.440 e.